The first kappa shape index (κ1) is 37.8. The van der Waals surface area contributed by atoms with Gasteiger partial charge >= 0.3 is 0 Å². The summed E-state index contributed by atoms with van der Waals surface area (Å²) >= 11 is 0. The molecule has 0 aliphatic heterocycles. The summed E-state index contributed by atoms with van der Waals surface area (Å²) in [5.74, 6) is 2.76. The van der Waals surface area contributed by atoms with Crippen molar-refractivity contribution in [1.29, 1.82) is 0 Å². The van der Waals surface area contributed by atoms with E-state index in [1.807, 2.05) is 72.9 Å². The molecule has 6 nitrogen and oxygen atoms in total. The highest BCUT2D eigenvalue weighted by Gasteiger charge is 2.41. The van der Waals surface area contributed by atoms with E-state index in [1.165, 1.54) is 33.4 Å². The molecule has 0 fully saturated rings. The smallest absolute Gasteiger partial charge is 0.164 e. The van der Waals surface area contributed by atoms with Crippen molar-refractivity contribution < 1.29 is 0 Å². The van der Waals surface area contributed by atoms with Crippen molar-refractivity contribution in [3.8, 4) is 79.2 Å². The van der Waals surface area contributed by atoms with E-state index in [0.717, 1.165) is 66.8 Å². The molecule has 6 heteroatoms. The molecular weight excluding hydrogens is 805 g/mol. The van der Waals surface area contributed by atoms with Gasteiger partial charge in [0.2, 0.25) is 0 Å². The van der Waals surface area contributed by atoms with Gasteiger partial charge in [-0.25, -0.2) is 24.9 Å². The predicted molar refractivity (Wildman–Crippen MR) is 264 cm³/mol. The summed E-state index contributed by atoms with van der Waals surface area (Å²) in [4.78, 5) is 30.3. The number of benzene rings is 8. The van der Waals surface area contributed by atoms with Crippen LogP contribution in [0.5, 0.6) is 0 Å². The van der Waals surface area contributed by atoms with Crippen molar-refractivity contribution in [2.75, 3.05) is 0 Å². The van der Waals surface area contributed by atoms with Crippen LogP contribution in [0.15, 0.2) is 219 Å². The molecule has 308 valence electrons. The van der Waals surface area contributed by atoms with Gasteiger partial charge in [-0.15, -0.1) is 0 Å². The van der Waals surface area contributed by atoms with E-state index in [1.54, 1.807) is 0 Å². The molecule has 8 aromatic carbocycles. The summed E-state index contributed by atoms with van der Waals surface area (Å²) in [5, 5.41) is 1.12. The second-order valence-electron chi connectivity index (χ2n) is 17.0. The number of nitrogens with zero attached hydrogens (tertiary/aromatic N) is 6. The Labute approximate surface area is 382 Å². The quantitative estimate of drug-likeness (QED) is 0.159. The van der Waals surface area contributed by atoms with Crippen LogP contribution in [-0.4, -0.2) is 29.9 Å². The predicted octanol–water partition coefficient (Wildman–Crippen LogP) is 13.9. The van der Waals surface area contributed by atoms with E-state index in [2.05, 4.69) is 146 Å². The van der Waals surface area contributed by atoms with E-state index < -0.39 is 0 Å². The van der Waals surface area contributed by atoms with Crippen LogP contribution >= 0.6 is 0 Å². The first-order valence-corrected chi connectivity index (χ1v) is 22.3. The normalized spacial score (nSPS) is 14.4. The zero-order valence-corrected chi connectivity index (χ0v) is 35.6. The standard InChI is InChI=1S/C60H38N6/c1-4-14-39(15-5-1)57-62-53(38-26-24-37(25-27-38)45-32-42-20-10-13-23-52(42)61-36-45)35-54(63-57)43-28-30-48-50(33-43)55-46-21-11-12-22-47(46)56(48)51-34-44(29-31-49(51)55)60-65-58(40-16-6-2-7-17-40)64-59(66-60)41-18-8-3-9-19-41/h1-36,55-56H. The molecule has 2 atom stereocenters. The van der Waals surface area contributed by atoms with E-state index in [9.17, 15) is 0 Å². The zero-order chi connectivity index (χ0) is 43.6. The number of rotatable bonds is 7. The lowest BCUT2D eigenvalue weighted by Gasteiger charge is -2.42. The SMILES string of the molecule is c1ccc(-c2nc(-c3ccc(-c4cnc5ccccc5c4)cc3)cc(-c3ccc4c(c3)C3c5ccccc5C4c4cc(-c5nc(-c6ccccc6)nc(-c6ccccc6)n5)ccc43)n2)cc1. The summed E-state index contributed by atoms with van der Waals surface area (Å²) in [6.07, 6.45) is 1.95. The molecule has 3 heterocycles. The zero-order valence-electron chi connectivity index (χ0n) is 35.6. The Hall–Kier alpha value is -8.74. The molecular formula is C60H38N6. The van der Waals surface area contributed by atoms with Crippen molar-refractivity contribution in [3.63, 3.8) is 0 Å². The van der Waals surface area contributed by atoms with Crippen LogP contribution in [-0.2, 0) is 0 Å². The highest BCUT2D eigenvalue weighted by Crippen LogP contribution is 2.56. The van der Waals surface area contributed by atoms with Crippen LogP contribution in [0.25, 0.3) is 90.1 Å². The first-order valence-electron chi connectivity index (χ1n) is 22.3. The number of hydrogen-bond acceptors (Lipinski definition) is 6. The third-order valence-electron chi connectivity index (χ3n) is 13.2. The third kappa shape index (κ3) is 6.50. The number of pyridine rings is 1. The van der Waals surface area contributed by atoms with Gasteiger partial charge in [-0.05, 0) is 69.3 Å². The van der Waals surface area contributed by atoms with Crippen LogP contribution in [0.4, 0.5) is 0 Å². The van der Waals surface area contributed by atoms with Gasteiger partial charge in [-0.2, -0.15) is 0 Å². The molecule has 3 aromatic heterocycles. The highest BCUT2D eigenvalue weighted by molar-refractivity contribution is 5.84. The summed E-state index contributed by atoms with van der Waals surface area (Å²) in [7, 11) is 0. The van der Waals surface area contributed by atoms with Crippen molar-refractivity contribution >= 4 is 10.9 Å². The molecule has 0 N–H and O–H groups in total. The Morgan fingerprint density at radius 1 is 0.258 bits per heavy atom. The minimum atomic E-state index is 0.0476. The Kier molecular flexibility index (Phi) is 8.88. The van der Waals surface area contributed by atoms with Gasteiger partial charge in [-0.1, -0.05) is 182 Å². The largest absolute Gasteiger partial charge is 0.256 e. The minimum Gasteiger partial charge on any atom is -0.256 e. The van der Waals surface area contributed by atoms with Crippen LogP contribution in [0.2, 0.25) is 0 Å². The Bertz CT molecular complexity index is 3590. The molecule has 0 saturated carbocycles. The van der Waals surface area contributed by atoms with E-state index in [0.29, 0.717) is 23.3 Å². The third-order valence-corrected chi connectivity index (χ3v) is 13.2. The van der Waals surface area contributed by atoms with Crippen molar-refractivity contribution in [1.82, 2.24) is 29.9 Å². The van der Waals surface area contributed by atoms with Crippen LogP contribution in [0, 0.1) is 0 Å². The monoisotopic (exact) mass is 842 g/mol. The Morgan fingerprint density at radius 3 is 1.27 bits per heavy atom. The maximum Gasteiger partial charge on any atom is 0.164 e. The molecule has 14 rings (SSSR count). The minimum absolute atomic E-state index is 0.0476. The van der Waals surface area contributed by atoms with E-state index in [-0.39, 0.29) is 11.8 Å². The van der Waals surface area contributed by atoms with Crippen molar-refractivity contribution in [2.45, 2.75) is 11.8 Å². The topological polar surface area (TPSA) is 77.3 Å². The van der Waals surface area contributed by atoms with Gasteiger partial charge < -0.3 is 0 Å². The number of fused-ring (bicyclic) bond motifs is 1. The lowest BCUT2D eigenvalue weighted by atomic mass is 9.60. The van der Waals surface area contributed by atoms with Crippen LogP contribution in [0.1, 0.15) is 45.2 Å². The fourth-order valence-corrected chi connectivity index (χ4v) is 9.97. The number of para-hydroxylation sites is 1. The Balaban J connectivity index is 0.904. The van der Waals surface area contributed by atoms with Crippen molar-refractivity contribution in [2.24, 2.45) is 0 Å². The van der Waals surface area contributed by atoms with E-state index in [4.69, 9.17) is 29.9 Å². The highest BCUT2D eigenvalue weighted by atomic mass is 15.0. The molecule has 2 unspecified atom stereocenters. The van der Waals surface area contributed by atoms with Gasteiger partial charge in [0.05, 0.1) is 16.9 Å². The lowest BCUT2D eigenvalue weighted by Crippen LogP contribution is -2.27. The number of aromatic nitrogens is 6. The summed E-state index contributed by atoms with van der Waals surface area (Å²) < 4.78 is 0. The molecule has 0 amide bonds. The van der Waals surface area contributed by atoms with Gasteiger partial charge in [-0.3, -0.25) is 4.98 Å². The molecule has 0 saturated heterocycles. The average molecular weight is 843 g/mol. The molecule has 66 heavy (non-hydrogen) atoms. The average Bonchev–Trinajstić information content (AvgIpc) is 3.40. The second kappa shape index (κ2) is 15.5. The second-order valence-corrected chi connectivity index (χ2v) is 17.0. The maximum atomic E-state index is 5.26. The summed E-state index contributed by atoms with van der Waals surface area (Å²) in [6, 6.07) is 74.5. The summed E-state index contributed by atoms with van der Waals surface area (Å²) in [5.41, 5.74) is 18.8. The van der Waals surface area contributed by atoms with Gasteiger partial charge in [0.25, 0.3) is 0 Å². The summed E-state index contributed by atoms with van der Waals surface area (Å²) in [6.45, 7) is 0. The van der Waals surface area contributed by atoms with Gasteiger partial charge in [0, 0.05) is 62.4 Å². The molecule has 0 spiro atoms. The lowest BCUT2D eigenvalue weighted by molar-refractivity contribution is 0.754. The van der Waals surface area contributed by atoms with E-state index >= 15 is 0 Å². The fraction of sp³-hybridized carbons (Fsp3) is 0.0333. The van der Waals surface area contributed by atoms with Gasteiger partial charge in [0.15, 0.2) is 23.3 Å². The number of hydrogen-bond donors (Lipinski definition) is 0. The first-order chi connectivity index (χ1) is 32.7. The van der Waals surface area contributed by atoms with Crippen LogP contribution < -0.4 is 0 Å². The Morgan fingerprint density at radius 2 is 0.682 bits per heavy atom. The van der Waals surface area contributed by atoms with Gasteiger partial charge in [0.1, 0.15) is 0 Å². The molecule has 2 bridgehead atoms. The van der Waals surface area contributed by atoms with Crippen molar-refractivity contribution in [3.05, 3.63) is 252 Å². The maximum absolute atomic E-state index is 5.26. The molecule has 3 aliphatic carbocycles. The molecule has 0 radical (unpaired) electrons. The molecule has 11 aromatic rings. The fourth-order valence-electron chi connectivity index (χ4n) is 9.97. The van der Waals surface area contributed by atoms with Crippen LogP contribution in [0.3, 0.4) is 0 Å². The molecule has 3 aliphatic rings.